The summed E-state index contributed by atoms with van der Waals surface area (Å²) >= 11 is 0. The van der Waals surface area contributed by atoms with Crippen LogP contribution in [0.4, 0.5) is 5.69 Å². The molecule has 3 aliphatic rings. The van der Waals surface area contributed by atoms with Crippen LogP contribution in [0.15, 0.2) is 55.3 Å². The lowest BCUT2D eigenvalue weighted by Crippen LogP contribution is -2.61. The molecule has 1 aliphatic heterocycles. The first-order valence-electron chi connectivity index (χ1n) is 10.1. The van der Waals surface area contributed by atoms with E-state index < -0.39 is 0 Å². The van der Waals surface area contributed by atoms with Crippen molar-refractivity contribution in [2.45, 2.75) is 44.6 Å². The van der Waals surface area contributed by atoms with Gasteiger partial charge in [0, 0.05) is 23.5 Å². The molecule has 1 aromatic carbocycles. The number of ketones is 1. The lowest BCUT2D eigenvalue weighted by atomic mass is 9.58. The largest absolute Gasteiger partial charge is 0.356 e. The number of rotatable bonds is 6. The van der Waals surface area contributed by atoms with E-state index in [0.717, 1.165) is 42.4 Å². The second-order valence-electron chi connectivity index (χ2n) is 8.65. The summed E-state index contributed by atoms with van der Waals surface area (Å²) in [7, 11) is 0. The Balaban J connectivity index is 1.70. The third-order valence-electron chi connectivity index (χ3n) is 6.95. The molecule has 2 aliphatic carbocycles. The molecular formula is C24H30N2O. The first-order valence-corrected chi connectivity index (χ1v) is 10.1. The maximum Gasteiger partial charge on any atom is 0.180 e. The molecule has 1 aromatic rings. The zero-order valence-electron chi connectivity index (χ0n) is 16.5. The van der Waals surface area contributed by atoms with E-state index >= 15 is 0 Å². The number of nitrogens with one attached hydrogen (secondary N) is 1. The average molecular weight is 363 g/mol. The quantitative estimate of drug-likeness (QED) is 0.728. The van der Waals surface area contributed by atoms with Crippen LogP contribution in [0.1, 0.15) is 49.0 Å². The van der Waals surface area contributed by atoms with Crippen molar-refractivity contribution in [1.29, 1.82) is 0 Å². The minimum absolute atomic E-state index is 0.0417. The molecule has 3 nitrogen and oxygen atoms in total. The molecule has 1 N–H and O–H groups in total. The Labute approximate surface area is 162 Å². The third kappa shape index (κ3) is 3.08. The van der Waals surface area contributed by atoms with Crippen molar-refractivity contribution in [3.05, 3.63) is 66.4 Å². The van der Waals surface area contributed by atoms with Crippen LogP contribution in [0.25, 0.3) is 0 Å². The van der Waals surface area contributed by atoms with Gasteiger partial charge in [-0.05, 0) is 79.0 Å². The van der Waals surface area contributed by atoms with Crippen molar-refractivity contribution in [2.24, 2.45) is 11.8 Å². The molecule has 4 rings (SSSR count). The van der Waals surface area contributed by atoms with Crippen molar-refractivity contribution in [1.82, 2.24) is 4.90 Å². The smallest absolute Gasteiger partial charge is 0.180 e. The number of carbonyl (C=O) groups excluding carboxylic acids is 1. The van der Waals surface area contributed by atoms with Gasteiger partial charge in [-0.2, -0.15) is 0 Å². The number of benzene rings is 1. The normalized spacial score (nSPS) is 30.6. The topological polar surface area (TPSA) is 32.3 Å². The van der Waals surface area contributed by atoms with Crippen LogP contribution in [0.5, 0.6) is 0 Å². The van der Waals surface area contributed by atoms with E-state index in [4.69, 9.17) is 0 Å². The number of anilines is 1. The molecule has 3 heteroatoms. The SMILES string of the molecule is C=C/C=C(\C=C)Nc1ccc2c(c1)[C@@]1(C)CCN(CC3CC3)[C@H](C2=O)[C@@H]1C. The molecule has 1 heterocycles. The minimum atomic E-state index is 0.0417. The number of hydrogen-bond acceptors (Lipinski definition) is 3. The highest BCUT2D eigenvalue weighted by Gasteiger charge is 2.52. The molecule has 0 radical (unpaired) electrons. The van der Waals surface area contributed by atoms with Gasteiger partial charge >= 0.3 is 0 Å². The fraction of sp³-hybridized carbons (Fsp3) is 0.458. The van der Waals surface area contributed by atoms with Crippen molar-refractivity contribution in [3.63, 3.8) is 0 Å². The van der Waals surface area contributed by atoms with Gasteiger partial charge in [0.2, 0.25) is 0 Å². The van der Waals surface area contributed by atoms with Crippen molar-refractivity contribution in [3.8, 4) is 0 Å². The molecule has 0 spiro atoms. The van der Waals surface area contributed by atoms with Crippen LogP contribution in [-0.2, 0) is 5.41 Å². The van der Waals surface area contributed by atoms with Gasteiger partial charge in [-0.1, -0.05) is 33.1 Å². The fourth-order valence-electron chi connectivity index (χ4n) is 4.94. The predicted octanol–water partition coefficient (Wildman–Crippen LogP) is 4.93. The number of nitrogens with zero attached hydrogens (tertiary/aromatic N) is 1. The van der Waals surface area contributed by atoms with Crippen molar-refractivity contribution >= 4 is 11.5 Å². The predicted molar refractivity (Wildman–Crippen MR) is 112 cm³/mol. The Kier molecular flexibility index (Phi) is 4.59. The maximum atomic E-state index is 13.4. The zero-order chi connectivity index (χ0) is 19.2. The third-order valence-corrected chi connectivity index (χ3v) is 6.95. The molecule has 142 valence electrons. The zero-order valence-corrected chi connectivity index (χ0v) is 16.5. The van der Waals surface area contributed by atoms with Crippen molar-refractivity contribution in [2.75, 3.05) is 18.4 Å². The Bertz CT molecular complexity index is 820. The van der Waals surface area contributed by atoms with E-state index in [1.54, 1.807) is 12.2 Å². The summed E-state index contributed by atoms with van der Waals surface area (Å²) in [6, 6.07) is 6.25. The van der Waals surface area contributed by atoms with Crippen LogP contribution < -0.4 is 5.32 Å². The minimum Gasteiger partial charge on any atom is -0.356 e. The average Bonchev–Trinajstić information content (AvgIpc) is 3.47. The van der Waals surface area contributed by atoms with E-state index in [0.29, 0.717) is 11.7 Å². The molecule has 0 aromatic heterocycles. The van der Waals surface area contributed by atoms with Crippen molar-refractivity contribution < 1.29 is 4.79 Å². The summed E-state index contributed by atoms with van der Waals surface area (Å²) in [5.74, 6) is 1.46. The Morgan fingerprint density at radius 1 is 1.37 bits per heavy atom. The highest BCUT2D eigenvalue weighted by Crippen LogP contribution is 2.49. The lowest BCUT2D eigenvalue weighted by Gasteiger charge is -2.53. The van der Waals surface area contributed by atoms with E-state index in [1.807, 2.05) is 18.2 Å². The van der Waals surface area contributed by atoms with E-state index in [9.17, 15) is 4.79 Å². The monoisotopic (exact) mass is 362 g/mol. The van der Waals surface area contributed by atoms with Crippen LogP contribution in [0.2, 0.25) is 0 Å². The molecule has 27 heavy (non-hydrogen) atoms. The van der Waals surface area contributed by atoms with Crippen LogP contribution in [0.3, 0.4) is 0 Å². The van der Waals surface area contributed by atoms with Gasteiger partial charge in [-0.3, -0.25) is 9.69 Å². The second-order valence-corrected chi connectivity index (χ2v) is 8.65. The summed E-state index contributed by atoms with van der Waals surface area (Å²) in [6.45, 7) is 14.4. The summed E-state index contributed by atoms with van der Waals surface area (Å²) in [5, 5.41) is 3.39. The molecule has 0 amide bonds. The van der Waals surface area contributed by atoms with Gasteiger partial charge in [-0.15, -0.1) is 0 Å². The molecule has 2 bridgehead atoms. The maximum absolute atomic E-state index is 13.4. The number of carbonyl (C=O) groups is 1. The lowest BCUT2D eigenvalue weighted by molar-refractivity contribution is 0.0266. The van der Waals surface area contributed by atoms with Gasteiger partial charge in [0.25, 0.3) is 0 Å². The summed E-state index contributed by atoms with van der Waals surface area (Å²) in [4.78, 5) is 15.9. The Morgan fingerprint density at radius 2 is 2.15 bits per heavy atom. The van der Waals surface area contributed by atoms with Gasteiger partial charge in [0.1, 0.15) is 0 Å². The number of piperidine rings is 1. The molecule has 3 atom stereocenters. The molecule has 2 fully saturated rings. The van der Waals surface area contributed by atoms with Crippen LogP contribution >= 0.6 is 0 Å². The first kappa shape index (κ1) is 18.2. The Morgan fingerprint density at radius 3 is 2.81 bits per heavy atom. The number of fused-ring (bicyclic) bond motifs is 4. The summed E-state index contributed by atoms with van der Waals surface area (Å²) in [6.07, 6.45) is 9.20. The Hall–Kier alpha value is -2.13. The van der Waals surface area contributed by atoms with E-state index in [-0.39, 0.29) is 11.5 Å². The number of Topliss-reactive ketones (excluding diaryl/α,β-unsaturated/α-hetero) is 1. The standard InChI is InChI=1S/C24H30N2O/c1-5-7-18(6-2)25-19-10-11-20-21(14-19)24(4)12-13-26(15-17-8-9-17)22(16(24)3)23(20)27/h5-7,10-11,14,16-17,22,25H,1-2,8-9,12-13,15H2,3-4H3/b18-7+/t16-,22-,24-/m0/s1. The van der Waals surface area contributed by atoms with Crippen LogP contribution in [-0.4, -0.2) is 29.8 Å². The van der Waals surface area contributed by atoms with Gasteiger partial charge in [0.15, 0.2) is 5.78 Å². The molecular weight excluding hydrogens is 332 g/mol. The number of allylic oxidation sites excluding steroid dienone is 3. The second kappa shape index (κ2) is 6.79. The molecule has 0 unspecified atom stereocenters. The fourth-order valence-corrected chi connectivity index (χ4v) is 4.94. The van der Waals surface area contributed by atoms with Gasteiger partial charge in [0.05, 0.1) is 6.04 Å². The van der Waals surface area contributed by atoms with Gasteiger partial charge in [-0.25, -0.2) is 0 Å². The van der Waals surface area contributed by atoms with Crippen LogP contribution in [0, 0.1) is 11.8 Å². The first-order chi connectivity index (χ1) is 13.0. The molecule has 1 saturated heterocycles. The summed E-state index contributed by atoms with van der Waals surface area (Å²) < 4.78 is 0. The number of hydrogen-bond donors (Lipinski definition) is 1. The highest BCUT2D eigenvalue weighted by molar-refractivity contribution is 6.04. The van der Waals surface area contributed by atoms with E-state index in [1.165, 1.54) is 18.4 Å². The van der Waals surface area contributed by atoms with E-state index in [2.05, 4.69) is 43.3 Å². The molecule has 1 saturated carbocycles. The van der Waals surface area contributed by atoms with Gasteiger partial charge < -0.3 is 5.32 Å². The highest BCUT2D eigenvalue weighted by atomic mass is 16.1. The summed E-state index contributed by atoms with van der Waals surface area (Å²) in [5.41, 5.74) is 4.07. The number of likely N-dealkylation sites (tertiary alicyclic amines) is 1.